The Morgan fingerprint density at radius 1 is 1.08 bits per heavy atom. The molecule has 0 unspecified atom stereocenters. The molecule has 2 aromatic carbocycles. The first-order valence-electron chi connectivity index (χ1n) is 7.73. The van der Waals surface area contributed by atoms with Crippen LogP contribution in [-0.2, 0) is 17.4 Å². The van der Waals surface area contributed by atoms with Gasteiger partial charge in [0.1, 0.15) is 11.5 Å². The van der Waals surface area contributed by atoms with Crippen molar-refractivity contribution in [3.63, 3.8) is 0 Å². The van der Waals surface area contributed by atoms with Crippen LogP contribution in [0.1, 0.15) is 17.0 Å². The van der Waals surface area contributed by atoms with E-state index in [2.05, 4.69) is 4.98 Å². The number of benzene rings is 2. The molecule has 0 saturated carbocycles. The van der Waals surface area contributed by atoms with E-state index in [9.17, 15) is 18.0 Å². The van der Waals surface area contributed by atoms with Gasteiger partial charge in [-0.15, -0.1) is 0 Å². The number of carbonyl (C=O) groups is 1. The van der Waals surface area contributed by atoms with Crippen molar-refractivity contribution < 1.29 is 27.1 Å². The highest BCUT2D eigenvalue weighted by Crippen LogP contribution is 2.36. The van der Waals surface area contributed by atoms with Gasteiger partial charge in [-0.3, -0.25) is 4.79 Å². The number of hydrogen-bond donors (Lipinski definition) is 0. The van der Waals surface area contributed by atoms with Crippen LogP contribution in [0.2, 0.25) is 0 Å². The number of nitrogens with zero attached hydrogens (tertiary/aromatic N) is 1. The van der Waals surface area contributed by atoms with Crippen LogP contribution in [0.5, 0.6) is 5.75 Å². The summed E-state index contributed by atoms with van der Waals surface area (Å²) in [7, 11) is 0. The van der Waals surface area contributed by atoms with Crippen molar-refractivity contribution in [3.8, 4) is 17.2 Å². The molecule has 3 aromatic rings. The van der Waals surface area contributed by atoms with Crippen LogP contribution in [0.15, 0.2) is 59.0 Å². The first-order chi connectivity index (χ1) is 12.3. The fourth-order valence-electron chi connectivity index (χ4n) is 2.38. The van der Waals surface area contributed by atoms with Gasteiger partial charge in [-0.05, 0) is 31.2 Å². The van der Waals surface area contributed by atoms with Crippen LogP contribution in [0.3, 0.4) is 0 Å². The van der Waals surface area contributed by atoms with Crippen molar-refractivity contribution in [1.29, 1.82) is 0 Å². The zero-order chi connectivity index (χ0) is 18.7. The molecule has 3 rings (SSSR count). The van der Waals surface area contributed by atoms with Crippen molar-refractivity contribution >= 4 is 5.97 Å². The lowest BCUT2D eigenvalue weighted by molar-refractivity contribution is -0.142. The summed E-state index contributed by atoms with van der Waals surface area (Å²) in [4.78, 5) is 16.3. The third kappa shape index (κ3) is 3.93. The summed E-state index contributed by atoms with van der Waals surface area (Å²) in [5.41, 5.74) is 0.0474. The summed E-state index contributed by atoms with van der Waals surface area (Å²) in [5, 5.41) is 0. The van der Waals surface area contributed by atoms with E-state index < -0.39 is 23.5 Å². The van der Waals surface area contributed by atoms with E-state index >= 15 is 0 Å². The summed E-state index contributed by atoms with van der Waals surface area (Å²) in [6.45, 7) is 1.63. The van der Waals surface area contributed by atoms with E-state index in [4.69, 9.17) is 9.15 Å². The van der Waals surface area contributed by atoms with E-state index in [-0.39, 0.29) is 6.42 Å². The third-order valence-corrected chi connectivity index (χ3v) is 3.64. The number of ether oxygens (including phenoxy) is 1. The van der Waals surface area contributed by atoms with Crippen LogP contribution >= 0.6 is 0 Å². The van der Waals surface area contributed by atoms with E-state index in [1.807, 2.05) is 18.2 Å². The molecule has 0 aliphatic carbocycles. The maximum Gasteiger partial charge on any atom is 0.419 e. The second kappa shape index (κ2) is 7.03. The second-order valence-corrected chi connectivity index (χ2v) is 5.53. The number of carbonyl (C=O) groups excluding carboxylic acids is 1. The summed E-state index contributed by atoms with van der Waals surface area (Å²) in [5.74, 6) is -0.640. The Morgan fingerprint density at radius 2 is 1.73 bits per heavy atom. The number of aromatic nitrogens is 1. The monoisotopic (exact) mass is 361 g/mol. The molecule has 0 radical (unpaired) electrons. The number of aryl methyl sites for hydroxylation is 1. The fourth-order valence-corrected chi connectivity index (χ4v) is 2.38. The number of esters is 1. The highest BCUT2D eigenvalue weighted by atomic mass is 19.4. The summed E-state index contributed by atoms with van der Waals surface area (Å²) < 4.78 is 49.3. The number of para-hydroxylation sites is 1. The van der Waals surface area contributed by atoms with Gasteiger partial charge in [-0.2, -0.15) is 13.2 Å². The maximum atomic E-state index is 13.0. The van der Waals surface area contributed by atoms with Crippen LogP contribution in [0.25, 0.3) is 11.5 Å². The van der Waals surface area contributed by atoms with E-state index in [0.717, 1.165) is 17.7 Å². The van der Waals surface area contributed by atoms with Crippen LogP contribution in [0, 0.1) is 6.92 Å². The minimum atomic E-state index is -4.61. The molecule has 1 heterocycles. The lowest BCUT2D eigenvalue weighted by atomic mass is 10.2. The molecule has 0 N–H and O–H groups in total. The minimum absolute atomic E-state index is 0.297. The van der Waals surface area contributed by atoms with Gasteiger partial charge in [0.05, 0.1) is 17.7 Å². The fraction of sp³-hybridized carbons (Fsp3) is 0.158. The van der Waals surface area contributed by atoms with Gasteiger partial charge < -0.3 is 9.15 Å². The molecule has 0 aliphatic heterocycles. The Kier molecular flexibility index (Phi) is 4.79. The number of alkyl halides is 3. The Hall–Kier alpha value is -3.09. The largest absolute Gasteiger partial charge is 0.441 e. The molecule has 0 amide bonds. The molecule has 134 valence electrons. The van der Waals surface area contributed by atoms with Crippen LogP contribution in [0.4, 0.5) is 13.2 Å². The molecule has 26 heavy (non-hydrogen) atoms. The summed E-state index contributed by atoms with van der Waals surface area (Å²) in [6.07, 6.45) is -4.91. The van der Waals surface area contributed by atoms with E-state index in [1.54, 1.807) is 19.1 Å². The molecular formula is C19H14F3NO3. The quantitative estimate of drug-likeness (QED) is 0.494. The predicted molar refractivity (Wildman–Crippen MR) is 87.5 cm³/mol. The van der Waals surface area contributed by atoms with Gasteiger partial charge in [0, 0.05) is 5.56 Å². The molecule has 0 atom stereocenters. The summed E-state index contributed by atoms with van der Waals surface area (Å²) >= 11 is 0. The SMILES string of the molecule is Cc1oc(-c2ccccc2)nc1CC(=O)Oc1ccccc1C(F)(F)F. The topological polar surface area (TPSA) is 52.3 Å². The lowest BCUT2D eigenvalue weighted by Gasteiger charge is -2.12. The smallest absolute Gasteiger partial charge is 0.419 e. The zero-order valence-electron chi connectivity index (χ0n) is 13.7. The summed E-state index contributed by atoms with van der Waals surface area (Å²) in [6, 6.07) is 13.6. The van der Waals surface area contributed by atoms with Crippen LogP contribution < -0.4 is 4.74 Å². The average Bonchev–Trinajstić information content (AvgIpc) is 2.96. The van der Waals surface area contributed by atoms with Crippen LogP contribution in [-0.4, -0.2) is 11.0 Å². The lowest BCUT2D eigenvalue weighted by Crippen LogP contribution is -2.15. The molecule has 4 nitrogen and oxygen atoms in total. The number of hydrogen-bond acceptors (Lipinski definition) is 4. The first-order valence-corrected chi connectivity index (χ1v) is 7.73. The molecule has 1 aromatic heterocycles. The average molecular weight is 361 g/mol. The van der Waals surface area contributed by atoms with Crippen molar-refractivity contribution in [2.75, 3.05) is 0 Å². The van der Waals surface area contributed by atoms with Gasteiger partial charge in [0.2, 0.25) is 5.89 Å². The standard InChI is InChI=1S/C19H14F3NO3/c1-12-15(23-18(25-12)13-7-3-2-4-8-13)11-17(24)26-16-10-6-5-9-14(16)19(20,21)22/h2-10H,11H2,1H3. The number of rotatable bonds is 4. The molecule has 0 bridgehead atoms. The predicted octanol–water partition coefficient (Wildman–Crippen LogP) is 4.82. The maximum absolute atomic E-state index is 13.0. The van der Waals surface area contributed by atoms with E-state index in [0.29, 0.717) is 17.3 Å². The molecule has 7 heteroatoms. The number of oxazole rings is 1. The second-order valence-electron chi connectivity index (χ2n) is 5.53. The highest BCUT2D eigenvalue weighted by Gasteiger charge is 2.34. The van der Waals surface area contributed by atoms with Gasteiger partial charge >= 0.3 is 12.1 Å². The zero-order valence-corrected chi connectivity index (χ0v) is 13.7. The van der Waals surface area contributed by atoms with Crippen molar-refractivity contribution in [2.24, 2.45) is 0 Å². The first kappa shape index (κ1) is 17.7. The van der Waals surface area contributed by atoms with Gasteiger partial charge in [0.25, 0.3) is 0 Å². The van der Waals surface area contributed by atoms with Gasteiger partial charge in [-0.25, -0.2) is 4.98 Å². The molecule has 0 spiro atoms. The molecule has 0 aliphatic rings. The number of halogens is 3. The van der Waals surface area contributed by atoms with Crippen molar-refractivity contribution in [3.05, 3.63) is 71.6 Å². The Labute approximate surface area is 147 Å². The molecule has 0 fully saturated rings. The Bertz CT molecular complexity index is 917. The highest BCUT2D eigenvalue weighted by molar-refractivity contribution is 5.75. The Morgan fingerprint density at radius 3 is 2.42 bits per heavy atom. The molecule has 0 saturated heterocycles. The van der Waals surface area contributed by atoms with Gasteiger partial charge in [-0.1, -0.05) is 30.3 Å². The Balaban J connectivity index is 1.77. The van der Waals surface area contributed by atoms with Crippen molar-refractivity contribution in [2.45, 2.75) is 19.5 Å². The minimum Gasteiger partial charge on any atom is -0.441 e. The van der Waals surface area contributed by atoms with E-state index in [1.165, 1.54) is 12.1 Å². The molecular weight excluding hydrogens is 347 g/mol. The van der Waals surface area contributed by atoms with Crippen molar-refractivity contribution in [1.82, 2.24) is 4.98 Å². The van der Waals surface area contributed by atoms with Gasteiger partial charge in [0.15, 0.2) is 0 Å². The normalized spacial score (nSPS) is 11.4. The third-order valence-electron chi connectivity index (χ3n) is 3.64.